The molecule has 4 amide bonds. The van der Waals surface area contributed by atoms with Crippen LogP contribution in [0.5, 0.6) is 5.75 Å². The Hall–Kier alpha value is -6.86. The fourth-order valence-electron chi connectivity index (χ4n) is 10.6. The number of methoxy groups -OCH3 is 1. The van der Waals surface area contributed by atoms with E-state index in [0.29, 0.717) is 46.7 Å². The largest absolute Gasteiger partial charge is 0.497 e. The van der Waals surface area contributed by atoms with Crippen molar-refractivity contribution in [1.82, 2.24) is 4.90 Å². The molecule has 0 saturated carbocycles. The van der Waals surface area contributed by atoms with E-state index in [1.807, 2.05) is 97.1 Å². The molecule has 5 atom stereocenters. The molecule has 1 spiro atoms. The van der Waals surface area contributed by atoms with Crippen molar-refractivity contribution < 1.29 is 33.8 Å². The Morgan fingerprint density at radius 1 is 0.773 bits per heavy atom. The number of nitrogens with one attached hydrogen (secondary N) is 2. The lowest BCUT2D eigenvalue weighted by molar-refractivity contribution is -0.151. The Morgan fingerprint density at radius 3 is 2.03 bits per heavy atom. The maximum atomic E-state index is 15.8. The maximum absolute atomic E-state index is 15.8. The highest BCUT2D eigenvalue weighted by Gasteiger charge is 2.66. The van der Waals surface area contributed by atoms with Gasteiger partial charge in [-0.2, -0.15) is 0 Å². The smallest absolute Gasteiger partial charge is 0.264 e. The third kappa shape index (κ3) is 8.21. The first kappa shape index (κ1) is 44.3. The van der Waals surface area contributed by atoms with E-state index in [1.54, 1.807) is 59.4 Å². The van der Waals surface area contributed by atoms with E-state index >= 15 is 4.79 Å². The van der Waals surface area contributed by atoms with Gasteiger partial charge in [0.05, 0.1) is 52.6 Å². The van der Waals surface area contributed by atoms with Gasteiger partial charge < -0.3 is 35.0 Å². The van der Waals surface area contributed by atoms with Crippen molar-refractivity contribution >= 4 is 54.0 Å². The summed E-state index contributed by atoms with van der Waals surface area (Å²) in [4.78, 5) is 60.9. The molecule has 12 heteroatoms. The highest BCUT2D eigenvalue weighted by molar-refractivity contribution is 6.91. The molecule has 3 aliphatic rings. The van der Waals surface area contributed by atoms with Gasteiger partial charge in [-0.1, -0.05) is 110 Å². The summed E-state index contributed by atoms with van der Waals surface area (Å²) in [5, 5.41) is 17.8. The molecule has 0 aromatic heterocycles. The average molecular weight is 899 g/mol. The Labute approximate surface area is 386 Å². The lowest BCUT2D eigenvalue weighted by Crippen LogP contribution is -2.52. The summed E-state index contributed by atoms with van der Waals surface area (Å²) < 4.78 is 12.9. The van der Waals surface area contributed by atoms with E-state index in [1.165, 1.54) is 0 Å². The van der Waals surface area contributed by atoms with E-state index in [9.17, 15) is 19.5 Å². The van der Waals surface area contributed by atoms with Crippen LogP contribution < -0.4 is 25.5 Å². The van der Waals surface area contributed by atoms with Gasteiger partial charge in [0.1, 0.15) is 5.75 Å². The van der Waals surface area contributed by atoms with Gasteiger partial charge in [-0.05, 0) is 95.4 Å². The predicted molar refractivity (Wildman–Crippen MR) is 259 cm³/mol. The number of ether oxygens (including phenoxy) is 2. The summed E-state index contributed by atoms with van der Waals surface area (Å²) in [7, 11) is -1.03. The first-order valence-electron chi connectivity index (χ1n) is 22.5. The molecule has 0 aliphatic carbocycles. The first-order valence-corrected chi connectivity index (χ1v) is 25.6. The van der Waals surface area contributed by atoms with E-state index in [-0.39, 0.29) is 48.7 Å². The number of fused-ring (bicyclic) bond motifs is 3. The van der Waals surface area contributed by atoms with Crippen LogP contribution in [0.15, 0.2) is 152 Å². The standard InChI is InChI=1S/C54H54N4O7Si/c1-35-50(66(3,4)45-25-23-44(64-2)24-26-45)48(31-49(60)57-33-40-20-12-11-19-39(40)29-43(57)34-59)65-54(35)46-30-42(56-52(62)38-17-9-6-10-18-38)22-27-47(46)58(53(54)63)32-36-14-13-21-41(28-36)55-51(61)37-15-7-5-8-16-37/h5-28,30,35,43,48,50,59H,29,31-34H2,1-4H3,(H,55,61)(H,56,62)/t35-,43+,48+,50-,54+/m1/s1. The molecule has 6 aromatic carbocycles. The molecule has 3 aliphatic heterocycles. The van der Waals surface area contributed by atoms with Crippen molar-refractivity contribution in [3.63, 3.8) is 0 Å². The Bertz CT molecular complexity index is 2790. The molecular formula is C54H54N4O7Si. The molecule has 3 N–H and O–H groups in total. The Balaban J connectivity index is 1.12. The van der Waals surface area contributed by atoms with Gasteiger partial charge in [-0.25, -0.2) is 0 Å². The zero-order chi connectivity index (χ0) is 46.2. The van der Waals surface area contributed by atoms with Gasteiger partial charge in [-0.3, -0.25) is 19.2 Å². The summed E-state index contributed by atoms with van der Waals surface area (Å²) in [5.41, 5.74) is 4.48. The maximum Gasteiger partial charge on any atom is 0.264 e. The van der Waals surface area contributed by atoms with Crippen molar-refractivity contribution in [3.8, 4) is 5.75 Å². The van der Waals surface area contributed by atoms with Crippen LogP contribution in [0.3, 0.4) is 0 Å². The quantitative estimate of drug-likeness (QED) is 0.105. The zero-order valence-electron chi connectivity index (χ0n) is 37.6. The van der Waals surface area contributed by atoms with Crippen LogP contribution in [-0.2, 0) is 39.4 Å². The van der Waals surface area contributed by atoms with Gasteiger partial charge in [-0.15, -0.1) is 0 Å². The number of hydrogen-bond acceptors (Lipinski definition) is 7. The zero-order valence-corrected chi connectivity index (χ0v) is 38.6. The second-order valence-corrected chi connectivity index (χ2v) is 22.8. The van der Waals surface area contributed by atoms with E-state index < -0.39 is 31.7 Å². The highest BCUT2D eigenvalue weighted by atomic mass is 28.3. The lowest BCUT2D eigenvalue weighted by Gasteiger charge is -2.39. The topological polar surface area (TPSA) is 138 Å². The summed E-state index contributed by atoms with van der Waals surface area (Å²) in [6, 6.07) is 46.6. The Kier molecular flexibility index (Phi) is 12.2. The van der Waals surface area contributed by atoms with Crippen LogP contribution in [0.25, 0.3) is 0 Å². The fourth-order valence-corrected chi connectivity index (χ4v) is 14.6. The number of carbonyl (C=O) groups excluding carboxylic acids is 4. The van der Waals surface area contributed by atoms with Crippen molar-refractivity contribution in [2.24, 2.45) is 5.92 Å². The SMILES string of the molecule is COc1ccc([Si](C)(C)[C@H]2[C@H](CC(=O)N3Cc4ccccc4C[C@H]3CO)O[C@@]3(C(=O)N(Cc4cccc(NC(=O)c5ccccc5)c4)c4ccc(NC(=O)c5ccccc5)cc43)[C@@H]2C)cc1. The number of benzene rings is 6. The van der Waals surface area contributed by atoms with E-state index in [2.05, 4.69) is 42.8 Å². The van der Waals surface area contributed by atoms with Crippen LogP contribution >= 0.6 is 0 Å². The molecule has 11 nitrogen and oxygen atoms in total. The van der Waals surface area contributed by atoms with E-state index in [4.69, 9.17) is 9.47 Å². The molecular weight excluding hydrogens is 845 g/mol. The third-order valence-corrected chi connectivity index (χ3v) is 18.3. The van der Waals surface area contributed by atoms with Crippen LogP contribution in [-0.4, -0.2) is 67.6 Å². The monoisotopic (exact) mass is 898 g/mol. The van der Waals surface area contributed by atoms with Crippen molar-refractivity contribution in [3.05, 3.63) is 185 Å². The predicted octanol–water partition coefficient (Wildman–Crippen LogP) is 8.30. The van der Waals surface area contributed by atoms with Gasteiger partial charge in [0.25, 0.3) is 17.7 Å². The summed E-state index contributed by atoms with van der Waals surface area (Å²) in [6.07, 6.45) is -0.156. The molecule has 0 radical (unpaired) electrons. The van der Waals surface area contributed by atoms with Gasteiger partial charge in [0, 0.05) is 40.5 Å². The average Bonchev–Trinajstić information content (AvgIpc) is 3.76. The van der Waals surface area contributed by atoms with Gasteiger partial charge in [0.2, 0.25) is 5.91 Å². The molecule has 1 saturated heterocycles. The second kappa shape index (κ2) is 18.2. The number of rotatable bonds is 12. The second-order valence-electron chi connectivity index (χ2n) is 18.2. The van der Waals surface area contributed by atoms with Gasteiger partial charge >= 0.3 is 0 Å². The fraction of sp³-hybridized carbons (Fsp3) is 0.259. The van der Waals surface area contributed by atoms with E-state index in [0.717, 1.165) is 27.6 Å². The number of aliphatic hydroxyl groups excluding tert-OH is 1. The number of nitrogens with zero attached hydrogens (tertiary/aromatic N) is 2. The number of aliphatic hydroxyl groups is 1. The van der Waals surface area contributed by atoms with Crippen molar-refractivity contribution in [2.75, 3.05) is 29.3 Å². The molecule has 9 rings (SSSR count). The lowest BCUT2D eigenvalue weighted by atomic mass is 9.82. The molecule has 6 aromatic rings. The number of carbonyl (C=O) groups is 4. The minimum atomic E-state index is -2.66. The molecule has 66 heavy (non-hydrogen) atoms. The molecule has 0 bridgehead atoms. The molecule has 1 fully saturated rings. The number of hydrogen-bond donors (Lipinski definition) is 3. The summed E-state index contributed by atoms with van der Waals surface area (Å²) in [5.74, 6) is -0.675. The number of amides is 4. The first-order chi connectivity index (χ1) is 31.9. The molecule has 336 valence electrons. The Morgan fingerprint density at radius 2 is 1.39 bits per heavy atom. The van der Waals surface area contributed by atoms with Crippen molar-refractivity contribution in [2.45, 2.75) is 69.2 Å². The molecule has 3 heterocycles. The van der Waals surface area contributed by atoms with Crippen LogP contribution in [0.1, 0.15) is 56.3 Å². The van der Waals surface area contributed by atoms with Gasteiger partial charge in [0.15, 0.2) is 5.60 Å². The highest BCUT2D eigenvalue weighted by Crippen LogP contribution is 2.60. The minimum Gasteiger partial charge on any atom is -0.497 e. The number of anilines is 3. The molecule has 0 unspecified atom stereocenters. The normalized spacial score (nSPS) is 21.0. The summed E-state index contributed by atoms with van der Waals surface area (Å²) in [6.45, 7) is 6.95. The minimum absolute atomic E-state index is 0.00177. The summed E-state index contributed by atoms with van der Waals surface area (Å²) >= 11 is 0. The van der Waals surface area contributed by atoms with Crippen molar-refractivity contribution in [1.29, 1.82) is 0 Å². The van der Waals surface area contributed by atoms with Crippen LogP contribution in [0.4, 0.5) is 17.1 Å². The van der Waals surface area contributed by atoms with Crippen LogP contribution in [0.2, 0.25) is 18.6 Å². The van der Waals surface area contributed by atoms with Crippen LogP contribution in [0, 0.1) is 5.92 Å². The third-order valence-electron chi connectivity index (χ3n) is 14.0.